The second kappa shape index (κ2) is 9.33. The third-order valence-corrected chi connectivity index (χ3v) is 3.59. The van der Waals surface area contributed by atoms with Gasteiger partial charge in [0.05, 0.1) is 34.2 Å². The van der Waals surface area contributed by atoms with Gasteiger partial charge in [0, 0.05) is 5.56 Å². The molecule has 0 aliphatic heterocycles. The smallest absolute Gasteiger partial charge is 0.271 e. The lowest BCUT2D eigenvalue weighted by Gasteiger charge is -2.13. The van der Waals surface area contributed by atoms with E-state index in [-0.39, 0.29) is 5.75 Å². The van der Waals surface area contributed by atoms with Crippen molar-refractivity contribution in [1.29, 1.82) is 0 Å². The fraction of sp³-hybridized carbons (Fsp3) is 0.263. The van der Waals surface area contributed by atoms with Crippen LogP contribution >= 0.6 is 0 Å². The van der Waals surface area contributed by atoms with Gasteiger partial charge in [-0.3, -0.25) is 4.79 Å². The van der Waals surface area contributed by atoms with E-state index in [1.807, 2.05) is 6.92 Å². The summed E-state index contributed by atoms with van der Waals surface area (Å²) >= 11 is 0. The molecule has 8 nitrogen and oxygen atoms in total. The normalized spacial score (nSPS) is 10.5. The molecule has 0 radical (unpaired) electrons. The summed E-state index contributed by atoms with van der Waals surface area (Å²) in [7, 11) is 4.42. The first-order chi connectivity index (χ1) is 13.0. The molecule has 2 N–H and O–H groups in total. The van der Waals surface area contributed by atoms with Crippen LogP contribution in [0.3, 0.4) is 0 Å². The molecule has 0 aliphatic carbocycles. The number of hydrogen-bond acceptors (Lipinski definition) is 7. The maximum atomic E-state index is 12.4. The van der Waals surface area contributed by atoms with Crippen LogP contribution in [0.5, 0.6) is 28.7 Å². The van der Waals surface area contributed by atoms with Crippen LogP contribution in [0.15, 0.2) is 35.4 Å². The molecule has 8 heteroatoms. The van der Waals surface area contributed by atoms with Gasteiger partial charge in [-0.15, -0.1) is 0 Å². The molecule has 0 saturated heterocycles. The summed E-state index contributed by atoms with van der Waals surface area (Å²) in [6, 6.07) is 7.81. The predicted octanol–water partition coefficient (Wildman–Crippen LogP) is 2.58. The van der Waals surface area contributed by atoms with Gasteiger partial charge < -0.3 is 24.1 Å². The van der Waals surface area contributed by atoms with Gasteiger partial charge in [-0.1, -0.05) is 0 Å². The van der Waals surface area contributed by atoms with Crippen molar-refractivity contribution >= 4 is 12.1 Å². The molecule has 0 aromatic heterocycles. The van der Waals surface area contributed by atoms with E-state index in [4.69, 9.17) is 18.9 Å². The lowest BCUT2D eigenvalue weighted by molar-refractivity contribution is 0.0954. The summed E-state index contributed by atoms with van der Waals surface area (Å²) in [6.07, 6.45) is 1.44. The van der Waals surface area contributed by atoms with Crippen LogP contribution < -0.4 is 24.4 Å². The van der Waals surface area contributed by atoms with E-state index < -0.39 is 5.91 Å². The minimum absolute atomic E-state index is 0.0375. The number of benzene rings is 2. The van der Waals surface area contributed by atoms with Crippen molar-refractivity contribution in [2.75, 3.05) is 27.9 Å². The molecule has 0 bridgehead atoms. The summed E-state index contributed by atoms with van der Waals surface area (Å²) in [4.78, 5) is 12.4. The van der Waals surface area contributed by atoms with Gasteiger partial charge in [-0.2, -0.15) is 5.10 Å². The Morgan fingerprint density at radius 1 is 1.07 bits per heavy atom. The third-order valence-electron chi connectivity index (χ3n) is 3.59. The highest BCUT2D eigenvalue weighted by Crippen LogP contribution is 2.38. The van der Waals surface area contributed by atoms with Crippen molar-refractivity contribution < 1.29 is 28.8 Å². The highest BCUT2D eigenvalue weighted by molar-refractivity contribution is 5.96. The van der Waals surface area contributed by atoms with Crippen LogP contribution in [-0.2, 0) is 0 Å². The van der Waals surface area contributed by atoms with E-state index >= 15 is 0 Å². The van der Waals surface area contributed by atoms with Crippen LogP contribution in [-0.4, -0.2) is 45.2 Å². The molecule has 2 aromatic rings. The molecule has 0 unspecified atom stereocenters. The van der Waals surface area contributed by atoms with Crippen molar-refractivity contribution in [3.05, 3.63) is 41.5 Å². The van der Waals surface area contributed by atoms with Gasteiger partial charge in [0.2, 0.25) is 5.75 Å². The van der Waals surface area contributed by atoms with Crippen molar-refractivity contribution in [3.8, 4) is 28.7 Å². The molecule has 0 aliphatic rings. The van der Waals surface area contributed by atoms with Gasteiger partial charge in [0.25, 0.3) is 5.91 Å². The highest BCUT2D eigenvalue weighted by Gasteiger charge is 2.16. The van der Waals surface area contributed by atoms with E-state index in [2.05, 4.69) is 10.5 Å². The molecule has 0 saturated carbocycles. The minimum Gasteiger partial charge on any atom is -0.504 e. The summed E-state index contributed by atoms with van der Waals surface area (Å²) in [5.74, 6) is 1.06. The molecule has 144 valence electrons. The predicted molar refractivity (Wildman–Crippen MR) is 100 cm³/mol. The second-order valence-corrected chi connectivity index (χ2v) is 5.27. The molecular weight excluding hydrogens is 352 g/mol. The van der Waals surface area contributed by atoms with E-state index in [1.54, 1.807) is 12.1 Å². The minimum atomic E-state index is -0.450. The number of phenolic OH excluding ortho intramolecular Hbond substituents is 1. The second-order valence-electron chi connectivity index (χ2n) is 5.27. The Morgan fingerprint density at radius 2 is 1.74 bits per heavy atom. The topological polar surface area (TPSA) is 98.6 Å². The fourth-order valence-electron chi connectivity index (χ4n) is 2.32. The zero-order valence-electron chi connectivity index (χ0n) is 15.6. The van der Waals surface area contributed by atoms with Crippen molar-refractivity contribution in [2.24, 2.45) is 5.10 Å². The largest absolute Gasteiger partial charge is 0.504 e. The number of hydrogen-bond donors (Lipinski definition) is 2. The summed E-state index contributed by atoms with van der Waals surface area (Å²) < 4.78 is 21.0. The van der Waals surface area contributed by atoms with E-state index in [0.717, 1.165) is 0 Å². The number of carbonyl (C=O) groups is 1. The molecule has 27 heavy (non-hydrogen) atoms. The maximum Gasteiger partial charge on any atom is 0.271 e. The zero-order valence-corrected chi connectivity index (χ0v) is 15.6. The zero-order chi connectivity index (χ0) is 19.8. The number of hydrazone groups is 1. The molecule has 0 atom stereocenters. The molecule has 2 aromatic carbocycles. The van der Waals surface area contributed by atoms with Crippen molar-refractivity contribution in [1.82, 2.24) is 5.43 Å². The first-order valence-electron chi connectivity index (χ1n) is 8.13. The fourth-order valence-corrected chi connectivity index (χ4v) is 2.32. The maximum absolute atomic E-state index is 12.4. The van der Waals surface area contributed by atoms with Gasteiger partial charge in [0.15, 0.2) is 23.0 Å². The Morgan fingerprint density at radius 3 is 2.30 bits per heavy atom. The molecule has 0 spiro atoms. The quantitative estimate of drug-likeness (QED) is 0.544. The summed E-state index contributed by atoms with van der Waals surface area (Å²) in [5, 5.41) is 13.6. The Hall–Kier alpha value is -3.42. The number of carbonyl (C=O) groups excluding carboxylic acids is 1. The lowest BCUT2D eigenvalue weighted by atomic mass is 10.1. The molecule has 0 heterocycles. The first-order valence-corrected chi connectivity index (χ1v) is 8.13. The first kappa shape index (κ1) is 19.9. The van der Waals surface area contributed by atoms with Crippen molar-refractivity contribution in [2.45, 2.75) is 6.92 Å². The van der Waals surface area contributed by atoms with Gasteiger partial charge in [-0.25, -0.2) is 5.43 Å². The Bertz CT molecular complexity index is 810. The lowest BCUT2D eigenvalue weighted by Crippen LogP contribution is -2.18. The third kappa shape index (κ3) is 4.81. The molecule has 0 fully saturated rings. The number of nitrogens with one attached hydrogen (secondary N) is 1. The highest BCUT2D eigenvalue weighted by atomic mass is 16.5. The monoisotopic (exact) mass is 374 g/mol. The number of phenols is 1. The van der Waals surface area contributed by atoms with Crippen LogP contribution in [0.2, 0.25) is 0 Å². The van der Waals surface area contributed by atoms with Crippen LogP contribution in [0.1, 0.15) is 22.8 Å². The van der Waals surface area contributed by atoms with Crippen LogP contribution in [0.4, 0.5) is 0 Å². The summed E-state index contributed by atoms with van der Waals surface area (Å²) in [6.45, 7) is 2.24. The molecular formula is C19H22N2O6. The van der Waals surface area contributed by atoms with Crippen LogP contribution in [0.25, 0.3) is 0 Å². The Kier molecular flexibility index (Phi) is 6.87. The number of methoxy groups -OCH3 is 3. The number of ether oxygens (including phenoxy) is 4. The van der Waals surface area contributed by atoms with Gasteiger partial charge >= 0.3 is 0 Å². The SMILES string of the molecule is CCOc1cc(C=NNC(=O)c2cc(OC)c(OC)c(OC)c2)ccc1O. The van der Waals surface area contributed by atoms with Gasteiger partial charge in [-0.05, 0) is 42.8 Å². The number of aromatic hydroxyl groups is 1. The summed E-state index contributed by atoms with van der Waals surface area (Å²) in [5.41, 5.74) is 3.38. The number of amides is 1. The number of rotatable bonds is 8. The average molecular weight is 374 g/mol. The van der Waals surface area contributed by atoms with E-state index in [0.29, 0.717) is 40.7 Å². The van der Waals surface area contributed by atoms with E-state index in [9.17, 15) is 9.90 Å². The average Bonchev–Trinajstić information content (AvgIpc) is 2.69. The van der Waals surface area contributed by atoms with E-state index in [1.165, 1.54) is 45.7 Å². The van der Waals surface area contributed by atoms with Crippen LogP contribution in [0, 0.1) is 0 Å². The van der Waals surface area contributed by atoms with Crippen molar-refractivity contribution in [3.63, 3.8) is 0 Å². The Balaban J connectivity index is 2.16. The molecule has 1 amide bonds. The standard InChI is InChI=1S/C19H22N2O6/c1-5-27-15-8-12(6-7-14(15)22)11-20-21-19(23)13-9-16(24-2)18(26-4)17(10-13)25-3/h6-11,22H,5H2,1-4H3,(H,21,23). The number of nitrogens with zero attached hydrogens (tertiary/aromatic N) is 1. The molecule has 2 rings (SSSR count). The Labute approximate surface area is 157 Å². The van der Waals surface area contributed by atoms with Gasteiger partial charge in [0.1, 0.15) is 0 Å².